The summed E-state index contributed by atoms with van der Waals surface area (Å²) in [5, 5.41) is 6.24. The molecule has 0 spiro atoms. The Bertz CT molecular complexity index is 225. The van der Waals surface area contributed by atoms with Crippen LogP contribution in [0, 0.1) is 5.92 Å². The Hall–Kier alpha value is -0.610. The van der Waals surface area contributed by atoms with Gasteiger partial charge in [-0.1, -0.05) is 13.8 Å². The molecule has 1 aliphatic carbocycles. The standard InChI is InChI=1S/C13H27N3O/c1-4-16(5-2)10-11(3)14-9-13(17)15-8-12-6-7-12/h11-12,14H,4-10H2,1-3H3,(H,15,17). The van der Waals surface area contributed by atoms with Crippen LogP contribution < -0.4 is 10.6 Å². The van der Waals surface area contributed by atoms with Crippen LogP contribution in [0.3, 0.4) is 0 Å². The Kier molecular flexibility index (Phi) is 6.52. The molecule has 0 saturated heterocycles. The molecule has 0 aromatic rings. The summed E-state index contributed by atoms with van der Waals surface area (Å²) in [6.45, 7) is 10.9. The number of carbonyl (C=O) groups excluding carboxylic acids is 1. The van der Waals surface area contributed by atoms with Crippen LogP contribution in [0.2, 0.25) is 0 Å². The molecule has 17 heavy (non-hydrogen) atoms. The van der Waals surface area contributed by atoms with E-state index < -0.39 is 0 Å². The van der Waals surface area contributed by atoms with Crippen LogP contribution in [0.5, 0.6) is 0 Å². The molecule has 4 nitrogen and oxygen atoms in total. The molecule has 1 saturated carbocycles. The number of hydrogen-bond donors (Lipinski definition) is 2. The summed E-state index contributed by atoms with van der Waals surface area (Å²) < 4.78 is 0. The van der Waals surface area contributed by atoms with Gasteiger partial charge in [-0.2, -0.15) is 0 Å². The summed E-state index contributed by atoms with van der Waals surface area (Å²) in [6, 6.07) is 0.363. The molecule has 0 aromatic heterocycles. The lowest BCUT2D eigenvalue weighted by molar-refractivity contribution is -0.120. The van der Waals surface area contributed by atoms with Crippen LogP contribution in [-0.4, -0.2) is 49.6 Å². The molecule has 0 radical (unpaired) electrons. The molecule has 1 amide bonds. The van der Waals surface area contributed by atoms with Crippen LogP contribution >= 0.6 is 0 Å². The minimum atomic E-state index is 0.128. The summed E-state index contributed by atoms with van der Waals surface area (Å²) >= 11 is 0. The average molecular weight is 241 g/mol. The molecule has 0 aromatic carbocycles. The van der Waals surface area contributed by atoms with Crippen molar-refractivity contribution in [1.29, 1.82) is 0 Å². The van der Waals surface area contributed by atoms with E-state index in [2.05, 4.69) is 36.3 Å². The van der Waals surface area contributed by atoms with E-state index >= 15 is 0 Å². The number of carbonyl (C=O) groups is 1. The lowest BCUT2D eigenvalue weighted by Crippen LogP contribution is -2.43. The first kappa shape index (κ1) is 14.5. The molecule has 0 bridgehead atoms. The van der Waals surface area contributed by atoms with Crippen LogP contribution in [0.1, 0.15) is 33.6 Å². The number of nitrogens with zero attached hydrogens (tertiary/aromatic N) is 1. The fraction of sp³-hybridized carbons (Fsp3) is 0.923. The van der Waals surface area contributed by atoms with E-state index in [-0.39, 0.29) is 5.91 Å². The Morgan fingerprint density at radius 1 is 1.35 bits per heavy atom. The zero-order valence-electron chi connectivity index (χ0n) is 11.5. The summed E-state index contributed by atoms with van der Waals surface area (Å²) in [7, 11) is 0. The van der Waals surface area contributed by atoms with Crippen LogP contribution in [0.15, 0.2) is 0 Å². The molecule has 4 heteroatoms. The molecule has 1 rings (SSSR count). The summed E-state index contributed by atoms with van der Waals surface area (Å²) in [6.07, 6.45) is 2.57. The molecule has 1 aliphatic rings. The highest BCUT2D eigenvalue weighted by Crippen LogP contribution is 2.27. The maximum atomic E-state index is 11.5. The van der Waals surface area contributed by atoms with Gasteiger partial charge in [0.2, 0.25) is 5.91 Å². The summed E-state index contributed by atoms with van der Waals surface area (Å²) in [5.74, 6) is 0.885. The fourth-order valence-corrected chi connectivity index (χ4v) is 1.84. The molecule has 100 valence electrons. The van der Waals surface area contributed by atoms with Crippen LogP contribution in [0.25, 0.3) is 0 Å². The Morgan fingerprint density at radius 2 is 2.00 bits per heavy atom. The van der Waals surface area contributed by atoms with Crippen molar-refractivity contribution in [3.05, 3.63) is 0 Å². The average Bonchev–Trinajstić information content (AvgIpc) is 3.14. The van der Waals surface area contributed by atoms with E-state index in [1.54, 1.807) is 0 Å². The third kappa shape index (κ3) is 6.64. The van der Waals surface area contributed by atoms with Gasteiger partial charge >= 0.3 is 0 Å². The van der Waals surface area contributed by atoms with Gasteiger partial charge < -0.3 is 15.5 Å². The van der Waals surface area contributed by atoms with E-state index in [1.165, 1.54) is 12.8 Å². The van der Waals surface area contributed by atoms with Gasteiger partial charge in [-0.05, 0) is 38.8 Å². The largest absolute Gasteiger partial charge is 0.355 e. The summed E-state index contributed by atoms with van der Waals surface area (Å²) in [5.41, 5.74) is 0. The second kappa shape index (κ2) is 7.67. The third-order valence-electron chi connectivity index (χ3n) is 3.32. The number of nitrogens with one attached hydrogen (secondary N) is 2. The van der Waals surface area contributed by atoms with Crippen molar-refractivity contribution >= 4 is 5.91 Å². The molecule has 1 fully saturated rings. The predicted octanol–water partition coefficient (Wildman–Crippen LogP) is 0.833. The van der Waals surface area contributed by atoms with Gasteiger partial charge in [0.25, 0.3) is 0 Å². The normalized spacial score (nSPS) is 17.2. The number of rotatable bonds is 9. The minimum Gasteiger partial charge on any atom is -0.355 e. The first-order valence-corrected chi connectivity index (χ1v) is 6.88. The van der Waals surface area contributed by atoms with Crippen LogP contribution in [-0.2, 0) is 4.79 Å². The maximum absolute atomic E-state index is 11.5. The first-order chi connectivity index (χ1) is 8.15. The highest BCUT2D eigenvalue weighted by molar-refractivity contribution is 5.78. The van der Waals surface area contributed by atoms with Gasteiger partial charge in [0, 0.05) is 19.1 Å². The van der Waals surface area contributed by atoms with E-state index in [0.29, 0.717) is 12.6 Å². The number of hydrogen-bond acceptors (Lipinski definition) is 3. The zero-order valence-corrected chi connectivity index (χ0v) is 11.5. The smallest absolute Gasteiger partial charge is 0.233 e. The van der Waals surface area contributed by atoms with Gasteiger partial charge in [0.05, 0.1) is 6.54 Å². The molecule has 1 unspecified atom stereocenters. The Labute approximate surface area is 105 Å². The quantitative estimate of drug-likeness (QED) is 0.628. The minimum absolute atomic E-state index is 0.128. The zero-order chi connectivity index (χ0) is 12.7. The molecular formula is C13H27N3O. The molecular weight excluding hydrogens is 214 g/mol. The van der Waals surface area contributed by atoms with Gasteiger partial charge in [0.15, 0.2) is 0 Å². The molecule has 0 heterocycles. The van der Waals surface area contributed by atoms with Gasteiger partial charge in [-0.15, -0.1) is 0 Å². The monoisotopic (exact) mass is 241 g/mol. The van der Waals surface area contributed by atoms with Crippen molar-refractivity contribution in [3.8, 4) is 0 Å². The number of likely N-dealkylation sites (N-methyl/N-ethyl adjacent to an activating group) is 1. The van der Waals surface area contributed by atoms with Crippen molar-refractivity contribution in [3.63, 3.8) is 0 Å². The van der Waals surface area contributed by atoms with Gasteiger partial charge in [-0.25, -0.2) is 0 Å². The molecule has 1 atom stereocenters. The van der Waals surface area contributed by atoms with E-state index in [4.69, 9.17) is 0 Å². The van der Waals surface area contributed by atoms with Crippen LogP contribution in [0.4, 0.5) is 0 Å². The van der Waals surface area contributed by atoms with Crippen molar-refractivity contribution in [2.45, 2.75) is 39.7 Å². The Morgan fingerprint density at radius 3 is 2.53 bits per heavy atom. The topological polar surface area (TPSA) is 44.4 Å². The highest BCUT2D eigenvalue weighted by Gasteiger charge is 2.21. The van der Waals surface area contributed by atoms with Gasteiger partial charge in [0.1, 0.15) is 0 Å². The molecule has 2 N–H and O–H groups in total. The third-order valence-corrected chi connectivity index (χ3v) is 3.32. The molecule has 0 aliphatic heterocycles. The second-order valence-corrected chi connectivity index (χ2v) is 5.02. The van der Waals surface area contributed by atoms with Crippen molar-refractivity contribution in [2.24, 2.45) is 5.92 Å². The SMILES string of the molecule is CCN(CC)CC(C)NCC(=O)NCC1CC1. The Balaban J connectivity index is 2.04. The highest BCUT2D eigenvalue weighted by atomic mass is 16.1. The summed E-state index contributed by atoms with van der Waals surface area (Å²) in [4.78, 5) is 13.9. The lowest BCUT2D eigenvalue weighted by atomic mass is 10.3. The van der Waals surface area contributed by atoms with Gasteiger partial charge in [-0.3, -0.25) is 4.79 Å². The van der Waals surface area contributed by atoms with E-state index in [0.717, 1.165) is 32.1 Å². The fourth-order valence-electron chi connectivity index (χ4n) is 1.84. The lowest BCUT2D eigenvalue weighted by Gasteiger charge is -2.23. The van der Waals surface area contributed by atoms with Crippen molar-refractivity contribution < 1.29 is 4.79 Å². The van der Waals surface area contributed by atoms with E-state index in [9.17, 15) is 4.79 Å². The predicted molar refractivity (Wildman–Crippen MR) is 71.0 cm³/mol. The van der Waals surface area contributed by atoms with Crippen molar-refractivity contribution in [1.82, 2.24) is 15.5 Å². The first-order valence-electron chi connectivity index (χ1n) is 6.88. The second-order valence-electron chi connectivity index (χ2n) is 5.02. The number of amides is 1. The van der Waals surface area contributed by atoms with Crippen molar-refractivity contribution in [2.75, 3.05) is 32.7 Å². The van der Waals surface area contributed by atoms with E-state index in [1.807, 2.05) is 0 Å². The maximum Gasteiger partial charge on any atom is 0.233 e.